The Morgan fingerprint density at radius 3 is 2.80 bits per heavy atom. The van der Waals surface area contributed by atoms with Crippen LogP contribution in [0.3, 0.4) is 0 Å². The van der Waals surface area contributed by atoms with Crippen molar-refractivity contribution in [1.29, 1.82) is 0 Å². The zero-order valence-electron chi connectivity index (χ0n) is 11.6. The van der Waals surface area contributed by atoms with Gasteiger partial charge in [0, 0.05) is 13.5 Å². The van der Waals surface area contributed by atoms with Crippen LogP contribution < -0.4 is 5.32 Å². The first-order chi connectivity index (χ1) is 9.54. The zero-order chi connectivity index (χ0) is 15.0. The summed E-state index contributed by atoms with van der Waals surface area (Å²) in [6, 6.07) is 4.26. The number of amides is 1. The summed E-state index contributed by atoms with van der Waals surface area (Å²) in [7, 11) is 0. The van der Waals surface area contributed by atoms with Crippen LogP contribution in [0, 0.1) is 5.82 Å². The molecule has 0 heterocycles. The molecule has 20 heavy (non-hydrogen) atoms. The molecule has 1 aromatic rings. The van der Waals surface area contributed by atoms with Crippen LogP contribution in [0.5, 0.6) is 0 Å². The van der Waals surface area contributed by atoms with Gasteiger partial charge in [-0.05, 0) is 31.0 Å². The number of ether oxygens (including phenoxy) is 1. The molecule has 0 saturated heterocycles. The fourth-order valence-electron chi connectivity index (χ4n) is 1.56. The maximum absolute atomic E-state index is 13.5. The van der Waals surface area contributed by atoms with E-state index in [4.69, 9.17) is 4.74 Å². The van der Waals surface area contributed by atoms with Gasteiger partial charge >= 0.3 is 5.97 Å². The van der Waals surface area contributed by atoms with Crippen molar-refractivity contribution in [3.05, 3.63) is 41.2 Å². The summed E-state index contributed by atoms with van der Waals surface area (Å²) in [4.78, 5) is 22.2. The topological polar surface area (TPSA) is 55.4 Å². The SMILES string of the molecule is CCOC(=O)c1cc(C=CCCNC(C)=O)ccc1F. The number of carbonyl (C=O) groups is 2. The van der Waals surface area contributed by atoms with Gasteiger partial charge in [0.25, 0.3) is 0 Å². The number of rotatable bonds is 6. The number of halogens is 1. The Morgan fingerprint density at radius 2 is 2.15 bits per heavy atom. The lowest BCUT2D eigenvalue weighted by atomic mass is 10.1. The third-order valence-corrected chi connectivity index (χ3v) is 2.48. The maximum Gasteiger partial charge on any atom is 0.341 e. The van der Waals surface area contributed by atoms with Gasteiger partial charge in [-0.25, -0.2) is 9.18 Å². The van der Waals surface area contributed by atoms with Crippen LogP contribution in [0.4, 0.5) is 4.39 Å². The molecule has 108 valence electrons. The van der Waals surface area contributed by atoms with Crippen LogP contribution in [-0.2, 0) is 9.53 Å². The minimum atomic E-state index is -0.668. The molecule has 0 atom stereocenters. The van der Waals surface area contributed by atoms with E-state index < -0.39 is 11.8 Å². The van der Waals surface area contributed by atoms with E-state index in [2.05, 4.69) is 5.32 Å². The van der Waals surface area contributed by atoms with Gasteiger partial charge in [0.1, 0.15) is 5.82 Å². The Hall–Kier alpha value is -2.17. The van der Waals surface area contributed by atoms with Gasteiger partial charge in [-0.3, -0.25) is 4.79 Å². The fourth-order valence-corrected chi connectivity index (χ4v) is 1.56. The second kappa shape index (κ2) is 8.09. The second-order valence-corrected chi connectivity index (χ2v) is 4.13. The lowest BCUT2D eigenvalue weighted by Gasteiger charge is -2.04. The molecule has 1 amide bonds. The molecule has 0 aliphatic rings. The third kappa shape index (κ3) is 5.22. The Balaban J connectivity index is 2.67. The molecule has 0 fully saturated rings. The highest BCUT2D eigenvalue weighted by atomic mass is 19.1. The van der Waals surface area contributed by atoms with E-state index in [0.717, 1.165) is 0 Å². The summed E-state index contributed by atoms with van der Waals surface area (Å²) in [5.74, 6) is -1.35. The number of carbonyl (C=O) groups excluding carboxylic acids is 2. The Morgan fingerprint density at radius 1 is 1.40 bits per heavy atom. The predicted molar refractivity (Wildman–Crippen MR) is 74.7 cm³/mol. The van der Waals surface area contributed by atoms with E-state index in [-0.39, 0.29) is 18.1 Å². The van der Waals surface area contributed by atoms with Crippen LogP contribution in [0.25, 0.3) is 6.08 Å². The predicted octanol–water partition coefficient (Wildman–Crippen LogP) is 2.54. The fraction of sp³-hybridized carbons (Fsp3) is 0.333. The smallest absolute Gasteiger partial charge is 0.341 e. The summed E-state index contributed by atoms with van der Waals surface area (Å²) < 4.78 is 18.3. The highest BCUT2D eigenvalue weighted by Gasteiger charge is 2.12. The average molecular weight is 279 g/mol. The van der Waals surface area contributed by atoms with Gasteiger partial charge < -0.3 is 10.1 Å². The van der Waals surface area contributed by atoms with Crippen LogP contribution in [0.15, 0.2) is 24.3 Å². The Kier molecular flexibility index (Phi) is 6.43. The molecule has 0 aliphatic carbocycles. The second-order valence-electron chi connectivity index (χ2n) is 4.13. The first-order valence-corrected chi connectivity index (χ1v) is 6.42. The molecule has 5 heteroatoms. The van der Waals surface area contributed by atoms with Gasteiger partial charge in [-0.2, -0.15) is 0 Å². The molecular formula is C15H18FNO3. The van der Waals surface area contributed by atoms with E-state index in [1.807, 2.05) is 6.08 Å². The van der Waals surface area contributed by atoms with Crippen LogP contribution in [-0.4, -0.2) is 25.0 Å². The molecule has 0 bridgehead atoms. The first kappa shape index (κ1) is 15.9. The van der Waals surface area contributed by atoms with Gasteiger partial charge in [-0.15, -0.1) is 0 Å². The summed E-state index contributed by atoms with van der Waals surface area (Å²) in [6.45, 7) is 3.86. The van der Waals surface area contributed by atoms with Crippen molar-refractivity contribution in [2.24, 2.45) is 0 Å². The summed E-state index contributed by atoms with van der Waals surface area (Å²) >= 11 is 0. The highest BCUT2D eigenvalue weighted by Crippen LogP contribution is 2.13. The molecule has 0 spiro atoms. The average Bonchev–Trinajstić information content (AvgIpc) is 2.40. The quantitative estimate of drug-likeness (QED) is 0.643. The molecule has 1 aromatic carbocycles. The molecule has 0 aliphatic heterocycles. The van der Waals surface area contributed by atoms with E-state index >= 15 is 0 Å². The lowest BCUT2D eigenvalue weighted by molar-refractivity contribution is -0.118. The number of hydrogen-bond acceptors (Lipinski definition) is 3. The van der Waals surface area contributed by atoms with Crippen LogP contribution >= 0.6 is 0 Å². The van der Waals surface area contributed by atoms with E-state index in [0.29, 0.717) is 18.5 Å². The molecule has 1 rings (SSSR count). The monoisotopic (exact) mass is 279 g/mol. The van der Waals surface area contributed by atoms with Crippen LogP contribution in [0.1, 0.15) is 36.2 Å². The largest absolute Gasteiger partial charge is 0.462 e. The zero-order valence-corrected chi connectivity index (χ0v) is 11.6. The molecule has 0 radical (unpaired) electrons. The third-order valence-electron chi connectivity index (χ3n) is 2.48. The normalized spacial score (nSPS) is 10.6. The van der Waals surface area contributed by atoms with Crippen molar-refractivity contribution in [3.63, 3.8) is 0 Å². The van der Waals surface area contributed by atoms with Crippen molar-refractivity contribution in [3.8, 4) is 0 Å². The standard InChI is InChI=1S/C15H18FNO3/c1-3-20-15(19)13-10-12(7-8-14(13)16)6-4-5-9-17-11(2)18/h4,6-8,10H,3,5,9H2,1-2H3,(H,17,18). The summed E-state index contributed by atoms with van der Waals surface area (Å²) in [5, 5.41) is 2.66. The van der Waals surface area contributed by atoms with E-state index in [9.17, 15) is 14.0 Å². The number of nitrogens with one attached hydrogen (secondary N) is 1. The van der Waals surface area contributed by atoms with Gasteiger partial charge in [0.2, 0.25) is 5.91 Å². The molecule has 4 nitrogen and oxygen atoms in total. The number of esters is 1. The van der Waals surface area contributed by atoms with Gasteiger partial charge in [0.15, 0.2) is 0 Å². The molecule has 0 saturated carbocycles. The van der Waals surface area contributed by atoms with E-state index in [1.165, 1.54) is 19.1 Å². The minimum Gasteiger partial charge on any atom is -0.462 e. The minimum absolute atomic E-state index is 0.0733. The lowest BCUT2D eigenvalue weighted by Crippen LogP contribution is -2.20. The molecular weight excluding hydrogens is 261 g/mol. The van der Waals surface area contributed by atoms with Crippen LogP contribution in [0.2, 0.25) is 0 Å². The van der Waals surface area contributed by atoms with Crippen molar-refractivity contribution >= 4 is 18.0 Å². The van der Waals surface area contributed by atoms with Crippen molar-refractivity contribution in [2.45, 2.75) is 20.3 Å². The first-order valence-electron chi connectivity index (χ1n) is 6.42. The number of hydrogen-bond donors (Lipinski definition) is 1. The highest BCUT2D eigenvalue weighted by molar-refractivity contribution is 5.90. The maximum atomic E-state index is 13.5. The number of benzene rings is 1. The van der Waals surface area contributed by atoms with Gasteiger partial charge in [-0.1, -0.05) is 18.2 Å². The van der Waals surface area contributed by atoms with Crippen molar-refractivity contribution in [2.75, 3.05) is 13.2 Å². The Bertz CT molecular complexity index is 512. The Labute approximate surface area is 117 Å². The summed E-state index contributed by atoms with van der Waals surface area (Å²) in [5.41, 5.74) is 0.633. The molecule has 0 aromatic heterocycles. The summed E-state index contributed by atoms with van der Waals surface area (Å²) in [6.07, 6.45) is 4.27. The van der Waals surface area contributed by atoms with Gasteiger partial charge in [0.05, 0.1) is 12.2 Å². The van der Waals surface area contributed by atoms with Crippen molar-refractivity contribution < 1.29 is 18.7 Å². The molecule has 0 unspecified atom stereocenters. The van der Waals surface area contributed by atoms with Crippen molar-refractivity contribution in [1.82, 2.24) is 5.32 Å². The molecule has 1 N–H and O–H groups in total. The van der Waals surface area contributed by atoms with E-state index in [1.54, 1.807) is 19.1 Å².